The van der Waals surface area contributed by atoms with Crippen molar-refractivity contribution >= 4 is 34.9 Å². The van der Waals surface area contributed by atoms with E-state index in [0.29, 0.717) is 37.4 Å². The fourth-order valence-corrected chi connectivity index (χ4v) is 4.28. The zero-order valence-corrected chi connectivity index (χ0v) is 18.9. The third kappa shape index (κ3) is 5.48. The van der Waals surface area contributed by atoms with Crippen molar-refractivity contribution in [1.82, 2.24) is 15.2 Å². The molecule has 0 spiro atoms. The summed E-state index contributed by atoms with van der Waals surface area (Å²) < 4.78 is 0. The molecule has 1 atom stereocenters. The molecule has 2 aliphatic heterocycles. The number of amides is 3. The summed E-state index contributed by atoms with van der Waals surface area (Å²) in [5.41, 5.74) is 7.58. The molecule has 33 heavy (non-hydrogen) atoms. The van der Waals surface area contributed by atoms with Crippen LogP contribution in [0.4, 0.5) is 17.2 Å². The van der Waals surface area contributed by atoms with Gasteiger partial charge in [-0.05, 0) is 62.3 Å². The third-order valence-electron chi connectivity index (χ3n) is 6.29. The van der Waals surface area contributed by atoms with Gasteiger partial charge in [0.2, 0.25) is 11.8 Å². The number of rotatable bonds is 7. The van der Waals surface area contributed by atoms with E-state index in [9.17, 15) is 14.4 Å². The monoisotopic (exact) mass is 450 g/mol. The predicted octanol–water partition coefficient (Wildman–Crippen LogP) is 1.51. The molecule has 0 radical (unpaired) electrons. The third-order valence-corrected chi connectivity index (χ3v) is 6.29. The second-order valence-corrected chi connectivity index (χ2v) is 8.71. The highest BCUT2D eigenvalue weighted by atomic mass is 16.2. The Morgan fingerprint density at radius 2 is 1.88 bits per heavy atom. The van der Waals surface area contributed by atoms with E-state index in [1.807, 2.05) is 24.3 Å². The van der Waals surface area contributed by atoms with Crippen LogP contribution in [0, 0.1) is 5.92 Å². The molecule has 2 aromatic rings. The Morgan fingerprint density at radius 3 is 2.55 bits per heavy atom. The molecular weight excluding hydrogens is 420 g/mol. The van der Waals surface area contributed by atoms with Gasteiger partial charge in [0.25, 0.3) is 5.91 Å². The van der Waals surface area contributed by atoms with Gasteiger partial charge in [-0.2, -0.15) is 0 Å². The molecule has 174 valence electrons. The van der Waals surface area contributed by atoms with E-state index in [1.165, 1.54) is 6.20 Å². The molecule has 0 saturated carbocycles. The molecular formula is C24H30N6O3. The van der Waals surface area contributed by atoms with Crippen molar-refractivity contribution < 1.29 is 14.4 Å². The van der Waals surface area contributed by atoms with Crippen LogP contribution in [0.25, 0.3) is 0 Å². The van der Waals surface area contributed by atoms with Gasteiger partial charge in [-0.3, -0.25) is 19.3 Å². The zero-order chi connectivity index (χ0) is 23.4. The predicted molar refractivity (Wildman–Crippen MR) is 127 cm³/mol. The highest BCUT2D eigenvalue weighted by molar-refractivity contribution is 5.97. The SMILES string of the molecule is CN(C(=O)CN1CCCC1)c1ccc(N2CC(CNC(=O)c3ccc(N)nc3)CC2=O)cc1. The van der Waals surface area contributed by atoms with Crippen molar-refractivity contribution in [3.8, 4) is 0 Å². The summed E-state index contributed by atoms with van der Waals surface area (Å²) in [6.07, 6.45) is 4.11. The Morgan fingerprint density at radius 1 is 1.15 bits per heavy atom. The van der Waals surface area contributed by atoms with E-state index < -0.39 is 0 Å². The van der Waals surface area contributed by atoms with E-state index in [-0.39, 0.29) is 23.6 Å². The van der Waals surface area contributed by atoms with Crippen LogP contribution < -0.4 is 20.9 Å². The number of nitrogen functional groups attached to an aromatic ring is 1. The second kappa shape index (κ2) is 9.99. The molecule has 2 aliphatic rings. The summed E-state index contributed by atoms with van der Waals surface area (Å²) >= 11 is 0. The first-order valence-corrected chi connectivity index (χ1v) is 11.3. The Balaban J connectivity index is 1.30. The largest absolute Gasteiger partial charge is 0.384 e. The van der Waals surface area contributed by atoms with Crippen molar-refractivity contribution in [3.63, 3.8) is 0 Å². The number of likely N-dealkylation sites (N-methyl/N-ethyl adjacent to an activating group) is 1. The highest BCUT2D eigenvalue weighted by Crippen LogP contribution is 2.27. The van der Waals surface area contributed by atoms with Crippen molar-refractivity contribution in [2.45, 2.75) is 19.3 Å². The lowest BCUT2D eigenvalue weighted by Crippen LogP contribution is -2.37. The molecule has 3 heterocycles. The van der Waals surface area contributed by atoms with Crippen molar-refractivity contribution in [1.29, 1.82) is 0 Å². The number of hydrogen-bond donors (Lipinski definition) is 2. The quantitative estimate of drug-likeness (QED) is 0.661. The van der Waals surface area contributed by atoms with Gasteiger partial charge in [-0.1, -0.05) is 0 Å². The molecule has 0 bridgehead atoms. The lowest BCUT2D eigenvalue weighted by atomic mass is 10.1. The van der Waals surface area contributed by atoms with Gasteiger partial charge in [0.05, 0.1) is 12.1 Å². The molecule has 2 fully saturated rings. The Bertz CT molecular complexity index is 1000. The second-order valence-electron chi connectivity index (χ2n) is 8.71. The van der Waals surface area contributed by atoms with E-state index >= 15 is 0 Å². The average molecular weight is 451 g/mol. The van der Waals surface area contributed by atoms with Crippen LogP contribution in [-0.4, -0.2) is 67.4 Å². The van der Waals surface area contributed by atoms with Crippen LogP contribution in [-0.2, 0) is 9.59 Å². The minimum absolute atomic E-state index is 0.0209. The van der Waals surface area contributed by atoms with Crippen molar-refractivity contribution in [3.05, 3.63) is 48.2 Å². The number of likely N-dealkylation sites (tertiary alicyclic amines) is 1. The van der Waals surface area contributed by atoms with E-state index in [1.54, 1.807) is 29.0 Å². The van der Waals surface area contributed by atoms with Crippen LogP contribution in [0.5, 0.6) is 0 Å². The van der Waals surface area contributed by atoms with Gasteiger partial charge in [0.1, 0.15) is 5.82 Å². The first kappa shape index (κ1) is 22.7. The van der Waals surface area contributed by atoms with Gasteiger partial charge in [0, 0.05) is 50.0 Å². The van der Waals surface area contributed by atoms with Gasteiger partial charge in [0.15, 0.2) is 0 Å². The first-order valence-electron chi connectivity index (χ1n) is 11.3. The number of anilines is 3. The van der Waals surface area contributed by atoms with Gasteiger partial charge in [-0.25, -0.2) is 4.98 Å². The fourth-order valence-electron chi connectivity index (χ4n) is 4.28. The average Bonchev–Trinajstić information content (AvgIpc) is 3.47. The van der Waals surface area contributed by atoms with Crippen LogP contribution in [0.3, 0.4) is 0 Å². The minimum atomic E-state index is -0.237. The van der Waals surface area contributed by atoms with Crippen LogP contribution >= 0.6 is 0 Å². The topological polar surface area (TPSA) is 112 Å². The Hall–Kier alpha value is -3.46. The van der Waals surface area contributed by atoms with Crippen LogP contribution in [0.1, 0.15) is 29.6 Å². The summed E-state index contributed by atoms with van der Waals surface area (Å²) in [4.78, 5) is 46.9. The summed E-state index contributed by atoms with van der Waals surface area (Å²) in [6.45, 7) is 3.32. The summed E-state index contributed by atoms with van der Waals surface area (Å²) in [5, 5.41) is 2.87. The maximum Gasteiger partial charge on any atom is 0.252 e. The van der Waals surface area contributed by atoms with E-state index in [4.69, 9.17) is 5.73 Å². The first-order chi connectivity index (χ1) is 15.9. The zero-order valence-electron chi connectivity index (χ0n) is 18.9. The lowest BCUT2D eigenvalue weighted by Gasteiger charge is -2.22. The lowest BCUT2D eigenvalue weighted by molar-refractivity contribution is -0.119. The summed E-state index contributed by atoms with van der Waals surface area (Å²) in [7, 11) is 1.78. The number of benzene rings is 1. The molecule has 9 heteroatoms. The number of pyridine rings is 1. The Labute approximate surface area is 193 Å². The number of nitrogens with zero attached hydrogens (tertiary/aromatic N) is 4. The molecule has 1 unspecified atom stereocenters. The normalized spacial score (nSPS) is 18.5. The van der Waals surface area contributed by atoms with Crippen molar-refractivity contribution in [2.75, 3.05) is 55.3 Å². The van der Waals surface area contributed by atoms with Gasteiger partial charge < -0.3 is 20.9 Å². The minimum Gasteiger partial charge on any atom is -0.384 e. The molecule has 0 aliphatic carbocycles. The van der Waals surface area contributed by atoms with Crippen LogP contribution in [0.15, 0.2) is 42.6 Å². The van der Waals surface area contributed by atoms with E-state index in [2.05, 4.69) is 15.2 Å². The number of nitrogens with two attached hydrogens (primary N) is 1. The molecule has 3 N–H and O–H groups in total. The van der Waals surface area contributed by atoms with E-state index in [0.717, 1.165) is 37.3 Å². The van der Waals surface area contributed by atoms with Crippen LogP contribution in [0.2, 0.25) is 0 Å². The number of aromatic nitrogens is 1. The molecule has 9 nitrogen and oxygen atoms in total. The maximum absolute atomic E-state index is 12.6. The smallest absolute Gasteiger partial charge is 0.252 e. The summed E-state index contributed by atoms with van der Waals surface area (Å²) in [6, 6.07) is 10.7. The number of carbonyl (C=O) groups excluding carboxylic acids is 3. The van der Waals surface area contributed by atoms with Gasteiger partial charge >= 0.3 is 0 Å². The van der Waals surface area contributed by atoms with Crippen molar-refractivity contribution in [2.24, 2.45) is 5.92 Å². The molecule has 1 aromatic heterocycles. The fraction of sp³-hybridized carbons (Fsp3) is 0.417. The number of hydrogen-bond acceptors (Lipinski definition) is 6. The molecule has 4 rings (SSSR count). The summed E-state index contributed by atoms with van der Waals surface area (Å²) in [5.74, 6) is 0.229. The Kier molecular flexibility index (Phi) is 6.88. The van der Waals surface area contributed by atoms with Gasteiger partial charge in [-0.15, -0.1) is 0 Å². The standard InChI is InChI=1S/C24H30N6O3/c1-28(23(32)16-29-10-2-3-11-29)19-5-7-20(8-6-19)30-15-17(12-22(30)31)13-27-24(33)18-4-9-21(25)26-14-18/h4-9,14,17H,2-3,10-13,15-16H2,1H3,(H2,25,26)(H,27,33). The maximum atomic E-state index is 12.6. The number of nitrogens with one attached hydrogen (secondary N) is 1. The number of carbonyl (C=O) groups is 3. The highest BCUT2D eigenvalue weighted by Gasteiger charge is 2.31. The molecule has 3 amide bonds. The molecule has 1 aromatic carbocycles. The molecule has 2 saturated heterocycles.